The Balaban J connectivity index is 0.000000279. The van der Waals surface area contributed by atoms with E-state index in [0.29, 0.717) is 156 Å². The van der Waals surface area contributed by atoms with Gasteiger partial charge in [-0.15, -0.1) is 35.1 Å². The predicted molar refractivity (Wildman–Crippen MR) is 553 cm³/mol. The van der Waals surface area contributed by atoms with Gasteiger partial charge in [0.05, 0.1) is 83.9 Å². The van der Waals surface area contributed by atoms with E-state index in [1.165, 1.54) is 170 Å². The van der Waals surface area contributed by atoms with Crippen molar-refractivity contribution in [2.75, 3.05) is 94.1 Å². The van der Waals surface area contributed by atoms with Crippen molar-refractivity contribution in [3.63, 3.8) is 0 Å². The molecule has 5 fully saturated rings. The SMILES string of the molecule is CC1(C)CB(c2cc(C(=O)Nc3ccc(OC(F)(F)Cl)cc3)cnc2N2CC[C@@H](O)C2)OC1(C)C.Nc1ccc(CC(F)(F)Cl)cc1.O=C(Nc1ccc(OC(F)(F)Cl)cc1)c1cnc(Cl)c(Br)c1.O=C(Nc1ccc(OC(F)(F)Cl)cc1)c1cnc(N2CC[C@@H](O)C2)c(-c2ccsn2)c1.O=C(Nc1ccc(OC(F)(F)Cl)cc1)c1cnc(N2CC[C@@H](O)C2)c(Br)c1.O=C(O)c1ccc(Cl)c(Br)c1.O=CO[O-].O[C@@H]1CCNC1.[H-].[Na+].[Na+]. The molecular formula is C94H91BBr3Cl7F10N14Na2O18S. The van der Waals surface area contributed by atoms with Crippen LogP contribution < -0.4 is 136 Å². The van der Waals surface area contributed by atoms with Gasteiger partial charge >= 0.3 is 99.7 Å². The molecule has 4 amide bonds. The second-order valence-electron chi connectivity index (χ2n) is 33.4. The number of aliphatic hydroxyl groups excluding tert-OH is 4. The van der Waals surface area contributed by atoms with E-state index in [4.69, 9.17) is 100 Å². The molecule has 0 saturated carbocycles. The number of hydrogen-bond donors (Lipinski definition) is 11. The Labute approximate surface area is 962 Å². The van der Waals surface area contributed by atoms with Crippen molar-refractivity contribution in [1.29, 1.82) is 0 Å². The molecule has 11 aromatic rings. The first-order chi connectivity index (χ1) is 69.4. The second kappa shape index (κ2) is 58.7. The van der Waals surface area contributed by atoms with Gasteiger partial charge in [-0.05, 0) is 297 Å². The number of carbonyl (C=O) groups excluding carboxylic acids is 5. The molecule has 0 aliphatic carbocycles. The minimum atomic E-state index is -3.81. The molecule has 796 valence electrons. The number of hydrogen-bond acceptors (Lipinski definition) is 28. The summed E-state index contributed by atoms with van der Waals surface area (Å²) < 4.78 is 155. The maximum Gasteiger partial charge on any atom is 1.00 e. The van der Waals surface area contributed by atoms with Crippen LogP contribution in [0.3, 0.4) is 0 Å². The summed E-state index contributed by atoms with van der Waals surface area (Å²) in [5, 5.41) is 68.3. The number of rotatable bonds is 25. The monoisotopic (exact) mass is 2460 g/mol. The number of carboxylic acid groups (broad SMARTS) is 1. The Hall–Kier alpha value is -8.68. The number of carboxylic acids is 1. The fourth-order valence-corrected chi connectivity index (χ4v) is 16.5. The molecule has 4 atom stereocenters. The number of amides is 4. The van der Waals surface area contributed by atoms with E-state index in [1.807, 2.05) is 26.1 Å². The predicted octanol–water partition coefficient (Wildman–Crippen LogP) is 14.4. The normalized spacial score (nSPS) is 16.2. The maximum atomic E-state index is 13.0. The van der Waals surface area contributed by atoms with E-state index >= 15 is 0 Å². The first kappa shape index (κ1) is 128. The number of carbonyl (C=O) groups is 6. The number of aromatic carboxylic acids is 1. The molecular weight excluding hydrogens is 2380 g/mol. The molecule has 0 radical (unpaired) electrons. The van der Waals surface area contributed by atoms with Gasteiger partial charge in [0.2, 0.25) is 0 Å². The van der Waals surface area contributed by atoms with Crippen molar-refractivity contribution in [1.82, 2.24) is 29.6 Å². The summed E-state index contributed by atoms with van der Waals surface area (Å²) in [4.78, 5) is 94.9. The molecule has 0 unspecified atom stereocenters. The van der Waals surface area contributed by atoms with Gasteiger partial charge in [0.1, 0.15) is 45.6 Å². The number of alkyl halides is 15. The summed E-state index contributed by atoms with van der Waals surface area (Å²) in [5.74, 6) is -1.13. The summed E-state index contributed by atoms with van der Waals surface area (Å²) >= 11 is 46.0. The Morgan fingerprint density at radius 1 is 0.527 bits per heavy atom. The minimum Gasteiger partial charge on any atom is -1.00 e. The van der Waals surface area contributed by atoms with Crippen LogP contribution in [-0.2, 0) is 20.8 Å². The number of nitrogens with two attached hydrogens (primary N) is 1. The van der Waals surface area contributed by atoms with Crippen LogP contribution in [0.25, 0.3) is 11.3 Å². The Bertz CT molecular complexity index is 6270. The molecule has 10 heterocycles. The van der Waals surface area contributed by atoms with Crippen LogP contribution in [0.1, 0.15) is 112 Å². The van der Waals surface area contributed by atoms with Crippen molar-refractivity contribution in [3.05, 3.63) is 257 Å². The van der Waals surface area contributed by atoms with Crippen LogP contribution in [0.2, 0.25) is 16.5 Å². The first-order valence-electron chi connectivity index (χ1n) is 43.6. The van der Waals surface area contributed by atoms with Crippen LogP contribution in [0, 0.1) is 5.41 Å². The second-order valence-corrected chi connectivity index (χ2v) is 39.7. The maximum absolute atomic E-state index is 13.0. The molecule has 5 aliphatic rings. The third kappa shape index (κ3) is 43.2. The standard InChI is InChI=1S/C24H29BClF2N3O4.C20H17ClF2N4O3S.C17H15BrClF2N3O3.C13H7BrCl2F2N2O2.C8H8ClF2N.C7H4BrClO2.C4H9NO.CH2O3.2Na.H/c1-22(2)14-25(35-23(22,3)4)19-11-15(12-29-20(19)31-10-9-17(32)13-31)21(33)30-16-5-7-18(8-6-16)34-24(26,27)28;21-20(22,23)30-15-3-1-13(2-4-15)25-19(29)12-9-16(17-6-8-31-26-17)18(24-10-12)27-7-5-14(28)11-27;18-14-7-10(8-22-15(14)24-6-5-12(25)9-24)16(26)23-11-1-3-13(4-2-11)27-17(19,20)21;14-10-5-7(6-19-11(10)15)12(21)20-8-1-3-9(4-2-8)22-13(16,17)18;9-8(10,11)5-6-1-3-7(12)4-2-6;8-5-3-4(7(10)11)1-2-6(5)9;6-4-1-2-5-3-4;2-1-4-3;;;/h5-8,11-12,17,32H,9-10,13-14H2,1-4H3,(H,30,33);1-4,6,8-10,14,28H,5,7,11H2,(H,25,29);1-4,7-8,12,25H,5-6,9H2,(H,23,26);1-6H,(H,20,21);1-4H,5,12H2;1-3H,(H,10,11);4-6H,1-3H2;1,3H;;;/q;;;;;;;;2*+1;-1/p-1/t17-;14-;12-;;;;4-;;;;/m111...1..../s1. The summed E-state index contributed by atoms with van der Waals surface area (Å²) in [6.45, 7) is 13.2. The zero-order valence-corrected chi connectivity index (χ0v) is 94.4. The molecule has 5 saturated heterocycles. The van der Waals surface area contributed by atoms with E-state index in [-0.39, 0.29) is 136 Å². The molecule has 5 aliphatic heterocycles. The van der Waals surface area contributed by atoms with Crippen molar-refractivity contribution < 1.29 is 192 Å². The number of aromatic nitrogens is 5. The van der Waals surface area contributed by atoms with Crippen LogP contribution in [-0.4, -0.2) is 203 Å². The third-order valence-electron chi connectivity index (χ3n) is 21.6. The van der Waals surface area contributed by atoms with Crippen LogP contribution in [0.5, 0.6) is 23.0 Å². The van der Waals surface area contributed by atoms with Crippen LogP contribution >= 0.6 is 141 Å². The Morgan fingerprint density at radius 3 is 1.22 bits per heavy atom. The zero-order chi connectivity index (χ0) is 109. The number of aliphatic hydroxyl groups is 4. The van der Waals surface area contributed by atoms with E-state index in [1.54, 1.807) is 30.3 Å². The van der Waals surface area contributed by atoms with Gasteiger partial charge in [-0.3, -0.25) is 24.0 Å². The molecule has 150 heavy (non-hydrogen) atoms. The van der Waals surface area contributed by atoms with E-state index in [2.05, 4.69) is 162 Å². The van der Waals surface area contributed by atoms with E-state index in [0.717, 1.165) is 31.3 Å². The molecule has 0 bridgehead atoms. The van der Waals surface area contributed by atoms with Gasteiger partial charge in [-0.25, -0.2) is 24.7 Å². The van der Waals surface area contributed by atoms with Crippen molar-refractivity contribution in [3.8, 4) is 34.3 Å². The van der Waals surface area contributed by atoms with Gasteiger partial charge < -0.3 is 108 Å². The van der Waals surface area contributed by atoms with Gasteiger partial charge in [0, 0.05) is 161 Å². The van der Waals surface area contributed by atoms with Gasteiger partial charge in [0.15, 0.2) is 0 Å². The molecule has 16 rings (SSSR count). The quantitative estimate of drug-likeness (QED) is 0.00370. The van der Waals surface area contributed by atoms with Gasteiger partial charge in [-0.2, -0.15) is 13.2 Å². The molecule has 6 aromatic carbocycles. The van der Waals surface area contributed by atoms with Crippen LogP contribution in [0.4, 0.5) is 89.8 Å². The van der Waals surface area contributed by atoms with Crippen molar-refractivity contribution in [2.45, 2.75) is 124 Å². The topological polar surface area (TPSA) is 442 Å². The smallest absolute Gasteiger partial charge is 1.00 e. The van der Waals surface area contributed by atoms with Gasteiger partial charge in [0.25, 0.3) is 30.1 Å². The molecule has 5 aromatic heterocycles. The van der Waals surface area contributed by atoms with Crippen LogP contribution in [0.15, 0.2) is 213 Å². The number of nitrogens with zero attached hydrogens (tertiary/aromatic N) is 8. The summed E-state index contributed by atoms with van der Waals surface area (Å²) in [7, 11) is 0. The first-order valence-corrected chi connectivity index (χ1v) is 49.5. The minimum absolute atomic E-state index is 0. The Kier molecular flexibility index (Phi) is 50.2. The number of pyridine rings is 4. The Morgan fingerprint density at radius 2 is 0.900 bits per heavy atom. The van der Waals surface area contributed by atoms with Gasteiger partial charge in [-0.1, -0.05) is 49.2 Å². The molecule has 56 heteroatoms. The average Bonchev–Trinajstić information content (AvgIpc) is 1.61. The summed E-state index contributed by atoms with van der Waals surface area (Å²) in [5.41, 5.74) is -4.06. The molecule has 32 nitrogen and oxygen atoms in total. The molecule has 0 spiro atoms. The fourth-order valence-electron chi connectivity index (χ4n) is 14.0. The number of halogens is 20. The van der Waals surface area contributed by atoms with Crippen molar-refractivity contribution >= 4 is 235 Å². The number of β-amino-alcohol motifs (C(OH)–C–C–N with tert-alkyl or cyclic N) is 4. The summed E-state index contributed by atoms with van der Waals surface area (Å²) in [6, 6.07) is 40.6. The van der Waals surface area contributed by atoms with E-state index < -0.39 is 75.9 Å². The number of benzene rings is 6. The zero-order valence-electron chi connectivity index (χ0n) is 80.6. The number of nitrogens with one attached hydrogen (secondary N) is 5. The summed E-state index contributed by atoms with van der Waals surface area (Å²) in [6.07, 6.45) is 7.61. The van der Waals surface area contributed by atoms with Crippen molar-refractivity contribution in [2.24, 2.45) is 5.41 Å². The third-order valence-corrected chi connectivity index (χ3v) is 25.6. The average molecular weight is 2470 g/mol. The molecule has 12 N–H and O–H groups in total. The number of anilines is 8. The number of nitrogen functional groups attached to an aromatic ring is 1. The fraction of sp³-hybridized carbons (Fsp3) is 0.309. The number of ether oxygens (including phenoxy) is 4. The van der Waals surface area contributed by atoms with E-state index in [9.17, 15) is 83.2 Å². The largest absolute Gasteiger partial charge is 1.00 e.